The first-order chi connectivity index (χ1) is 4.88. The normalized spacial score (nSPS) is 21.3. The van der Waals surface area contributed by atoms with Gasteiger partial charge in [0.15, 0.2) is 0 Å². The second-order valence-electron chi connectivity index (χ2n) is 2.96. The molecule has 0 aromatic heterocycles. The van der Waals surface area contributed by atoms with Crippen molar-refractivity contribution >= 4 is 24.0 Å². The largest absolute Gasteiger partial charge is 0.300 e. The zero-order chi connectivity index (χ0) is 7.40. The van der Waals surface area contributed by atoms with Crippen molar-refractivity contribution in [3.63, 3.8) is 0 Å². The molecule has 2 rings (SSSR count). The molecule has 11 heavy (non-hydrogen) atoms. The van der Waals surface area contributed by atoms with Crippen LogP contribution in [0.2, 0.25) is 0 Å². The number of halogens is 2. The average Bonchev–Trinajstić information content (AvgIpc) is 1.97. The summed E-state index contributed by atoms with van der Waals surface area (Å²) >= 11 is 5.19. The van der Waals surface area contributed by atoms with Crippen LogP contribution in [0.4, 0.5) is 0 Å². The Bertz CT molecular complexity index is 78.1. The van der Waals surface area contributed by atoms with E-state index >= 15 is 0 Å². The Morgan fingerprint density at radius 3 is 1.73 bits per heavy atom. The number of rotatable bonds is 1. The Labute approximate surface area is 80.5 Å². The molecule has 68 valence electrons. The molecule has 0 bridgehead atoms. The van der Waals surface area contributed by atoms with Gasteiger partial charge in [-0.25, -0.2) is 0 Å². The minimum Gasteiger partial charge on any atom is -0.300 e. The van der Waals surface area contributed by atoms with E-state index in [0.29, 0.717) is 0 Å². The highest BCUT2D eigenvalue weighted by molar-refractivity contribution is 6.17. The molecule has 0 amide bonds. The van der Waals surface area contributed by atoms with E-state index in [1.807, 2.05) is 6.92 Å². The maximum absolute atomic E-state index is 5.19. The molecule has 3 heteroatoms. The zero-order valence-corrected chi connectivity index (χ0v) is 8.63. The SMILES string of the molecule is C1CN2CCC12.CCCCl.Cl. The highest BCUT2D eigenvalue weighted by Gasteiger charge is 2.34. The van der Waals surface area contributed by atoms with Crippen LogP contribution >= 0.6 is 24.0 Å². The number of fused-ring (bicyclic) bond motifs is 1. The molecule has 0 aromatic rings. The van der Waals surface area contributed by atoms with Crippen molar-refractivity contribution in [3.05, 3.63) is 0 Å². The van der Waals surface area contributed by atoms with Crippen molar-refractivity contribution in [1.29, 1.82) is 0 Å². The number of hydrogen-bond acceptors (Lipinski definition) is 1. The summed E-state index contributed by atoms with van der Waals surface area (Å²) in [4.78, 5) is 2.53. The third-order valence-electron chi connectivity index (χ3n) is 2.20. The third-order valence-corrected chi connectivity index (χ3v) is 2.58. The average molecular weight is 198 g/mol. The molecular weight excluding hydrogens is 181 g/mol. The quantitative estimate of drug-likeness (QED) is 0.585. The first kappa shape index (κ1) is 11.5. The number of hydrogen-bond donors (Lipinski definition) is 0. The van der Waals surface area contributed by atoms with E-state index in [9.17, 15) is 0 Å². The van der Waals surface area contributed by atoms with Crippen LogP contribution in [0, 0.1) is 0 Å². The second kappa shape index (κ2) is 6.10. The van der Waals surface area contributed by atoms with E-state index in [2.05, 4.69) is 4.90 Å². The summed E-state index contributed by atoms with van der Waals surface area (Å²) in [6.07, 6.45) is 4.06. The number of piperidine rings is 1. The fourth-order valence-electron chi connectivity index (χ4n) is 1.24. The van der Waals surface area contributed by atoms with Gasteiger partial charge in [-0.15, -0.1) is 24.0 Å². The van der Waals surface area contributed by atoms with Gasteiger partial charge in [0.2, 0.25) is 0 Å². The molecule has 0 radical (unpaired) electrons. The predicted molar refractivity (Wildman–Crippen MR) is 52.9 cm³/mol. The lowest BCUT2D eigenvalue weighted by atomic mass is 9.91. The lowest BCUT2D eigenvalue weighted by Gasteiger charge is -2.50. The van der Waals surface area contributed by atoms with Gasteiger partial charge in [0.05, 0.1) is 0 Å². The summed E-state index contributed by atoms with van der Waals surface area (Å²) in [7, 11) is 0. The Hall–Kier alpha value is 0.540. The Balaban J connectivity index is 0.000000183. The van der Waals surface area contributed by atoms with Gasteiger partial charge < -0.3 is 4.90 Å². The molecule has 0 spiro atoms. The number of alkyl halides is 1. The van der Waals surface area contributed by atoms with Gasteiger partial charge in [0.25, 0.3) is 0 Å². The third kappa shape index (κ3) is 3.18. The van der Waals surface area contributed by atoms with Gasteiger partial charge >= 0.3 is 0 Å². The van der Waals surface area contributed by atoms with E-state index in [-0.39, 0.29) is 12.4 Å². The van der Waals surface area contributed by atoms with Gasteiger partial charge in [-0.1, -0.05) is 6.92 Å². The minimum atomic E-state index is 0. The van der Waals surface area contributed by atoms with Crippen LogP contribution in [0.15, 0.2) is 0 Å². The van der Waals surface area contributed by atoms with Gasteiger partial charge in [-0.2, -0.15) is 0 Å². The van der Waals surface area contributed by atoms with E-state index in [1.165, 1.54) is 25.9 Å². The molecule has 2 heterocycles. The van der Waals surface area contributed by atoms with E-state index in [0.717, 1.165) is 18.3 Å². The second-order valence-corrected chi connectivity index (χ2v) is 3.33. The Morgan fingerprint density at radius 1 is 1.36 bits per heavy atom. The molecule has 0 aromatic carbocycles. The fraction of sp³-hybridized carbons (Fsp3) is 1.00. The summed E-state index contributed by atoms with van der Waals surface area (Å²) < 4.78 is 0. The molecule has 0 N–H and O–H groups in total. The highest BCUT2D eigenvalue weighted by atomic mass is 35.5. The van der Waals surface area contributed by atoms with Gasteiger partial charge in [0, 0.05) is 11.9 Å². The van der Waals surface area contributed by atoms with Crippen molar-refractivity contribution in [2.45, 2.75) is 32.2 Å². The number of nitrogens with zero attached hydrogens (tertiary/aromatic N) is 1. The van der Waals surface area contributed by atoms with Crippen LogP contribution < -0.4 is 0 Å². The van der Waals surface area contributed by atoms with Crippen molar-refractivity contribution in [2.75, 3.05) is 19.0 Å². The van der Waals surface area contributed by atoms with Crippen LogP contribution in [-0.2, 0) is 0 Å². The predicted octanol–water partition coefficient (Wildman–Crippen LogP) is 2.52. The van der Waals surface area contributed by atoms with Crippen LogP contribution in [-0.4, -0.2) is 29.9 Å². The molecule has 0 unspecified atom stereocenters. The van der Waals surface area contributed by atoms with Crippen LogP contribution in [0.25, 0.3) is 0 Å². The van der Waals surface area contributed by atoms with Gasteiger partial charge in [0.1, 0.15) is 0 Å². The van der Waals surface area contributed by atoms with Crippen LogP contribution in [0.1, 0.15) is 26.2 Å². The summed E-state index contributed by atoms with van der Waals surface area (Å²) in [5.41, 5.74) is 0. The summed E-state index contributed by atoms with van der Waals surface area (Å²) in [6.45, 7) is 4.84. The molecule has 2 aliphatic rings. The molecule has 2 fully saturated rings. The Morgan fingerprint density at radius 2 is 1.73 bits per heavy atom. The van der Waals surface area contributed by atoms with Crippen LogP contribution in [0.5, 0.6) is 0 Å². The highest BCUT2D eigenvalue weighted by Crippen LogP contribution is 2.28. The summed E-state index contributed by atoms with van der Waals surface area (Å²) in [5.74, 6) is 0.792. The van der Waals surface area contributed by atoms with Crippen molar-refractivity contribution in [1.82, 2.24) is 4.90 Å². The molecule has 1 nitrogen and oxygen atoms in total. The topological polar surface area (TPSA) is 3.24 Å². The minimum absolute atomic E-state index is 0. The summed E-state index contributed by atoms with van der Waals surface area (Å²) in [6, 6.07) is 1.05. The van der Waals surface area contributed by atoms with Crippen LogP contribution in [0.3, 0.4) is 0 Å². The molecule has 2 aliphatic heterocycles. The van der Waals surface area contributed by atoms with Crippen molar-refractivity contribution < 1.29 is 0 Å². The lowest BCUT2D eigenvalue weighted by Crippen LogP contribution is -2.57. The van der Waals surface area contributed by atoms with Crippen molar-refractivity contribution in [3.8, 4) is 0 Å². The molecular formula is C8H17Cl2N. The smallest absolute Gasteiger partial charge is 0.0220 e. The van der Waals surface area contributed by atoms with Gasteiger partial charge in [-0.05, 0) is 32.4 Å². The van der Waals surface area contributed by atoms with E-state index < -0.39 is 0 Å². The summed E-state index contributed by atoms with van der Waals surface area (Å²) in [5, 5.41) is 0. The first-order valence-corrected chi connectivity index (χ1v) is 4.72. The molecule has 2 saturated heterocycles. The van der Waals surface area contributed by atoms with Gasteiger partial charge in [-0.3, -0.25) is 0 Å². The molecule has 0 saturated carbocycles. The zero-order valence-electron chi connectivity index (χ0n) is 7.05. The maximum Gasteiger partial charge on any atom is 0.0220 e. The first-order valence-electron chi connectivity index (χ1n) is 4.18. The Kier molecular flexibility index (Phi) is 6.40. The van der Waals surface area contributed by atoms with Crippen molar-refractivity contribution in [2.24, 2.45) is 0 Å². The molecule has 0 atom stereocenters. The van der Waals surface area contributed by atoms with E-state index in [4.69, 9.17) is 11.6 Å². The maximum atomic E-state index is 5.19. The lowest BCUT2D eigenvalue weighted by molar-refractivity contribution is -0.00222. The van der Waals surface area contributed by atoms with E-state index in [1.54, 1.807) is 0 Å². The molecule has 0 aliphatic carbocycles. The fourth-order valence-corrected chi connectivity index (χ4v) is 1.24. The standard InChI is InChI=1S/C5H9N.C3H7Cl.ClH/c1-3-6-4-2-5(1)6;1-2-3-4;/h5H,1-4H2;2-3H2,1H3;1H. The monoisotopic (exact) mass is 197 g/mol.